The monoisotopic (exact) mass is 261 g/mol. The molecule has 0 aromatic heterocycles. The Morgan fingerprint density at radius 3 is 2.58 bits per heavy atom. The molecule has 1 aliphatic heterocycles. The first-order valence-electron chi connectivity index (χ1n) is 7.43. The molecule has 3 nitrogen and oxygen atoms in total. The van der Waals surface area contributed by atoms with E-state index >= 15 is 0 Å². The quantitative estimate of drug-likeness (QED) is 0.842. The molecule has 1 heterocycles. The lowest BCUT2D eigenvalue weighted by atomic mass is 10.1. The SMILES string of the molecule is CC(CCN(C)Cc1ccccc1)N1CCNCC1. The predicted molar refractivity (Wildman–Crippen MR) is 81.3 cm³/mol. The molecule has 1 aromatic rings. The van der Waals surface area contributed by atoms with Crippen LogP contribution in [0.15, 0.2) is 30.3 Å². The lowest BCUT2D eigenvalue weighted by molar-refractivity contribution is 0.162. The van der Waals surface area contributed by atoms with Crippen molar-refractivity contribution in [2.75, 3.05) is 39.8 Å². The number of rotatable bonds is 6. The van der Waals surface area contributed by atoms with Crippen LogP contribution in [0.4, 0.5) is 0 Å². The second-order valence-electron chi connectivity index (χ2n) is 5.65. The van der Waals surface area contributed by atoms with Crippen molar-refractivity contribution in [3.63, 3.8) is 0 Å². The summed E-state index contributed by atoms with van der Waals surface area (Å²) in [5.74, 6) is 0. The minimum absolute atomic E-state index is 0.695. The number of hydrogen-bond donors (Lipinski definition) is 1. The highest BCUT2D eigenvalue weighted by Gasteiger charge is 2.16. The molecule has 1 unspecified atom stereocenters. The molecule has 1 aromatic carbocycles. The van der Waals surface area contributed by atoms with Crippen LogP contribution in [-0.2, 0) is 6.54 Å². The average molecular weight is 261 g/mol. The van der Waals surface area contributed by atoms with Crippen molar-refractivity contribution in [3.05, 3.63) is 35.9 Å². The summed E-state index contributed by atoms with van der Waals surface area (Å²) in [4.78, 5) is 5.03. The first-order chi connectivity index (χ1) is 9.25. The number of benzene rings is 1. The first kappa shape index (κ1) is 14.5. The summed E-state index contributed by atoms with van der Waals surface area (Å²) in [7, 11) is 2.22. The van der Waals surface area contributed by atoms with Crippen LogP contribution in [0.1, 0.15) is 18.9 Å². The summed E-state index contributed by atoms with van der Waals surface area (Å²) >= 11 is 0. The van der Waals surface area contributed by atoms with Crippen molar-refractivity contribution in [2.24, 2.45) is 0 Å². The van der Waals surface area contributed by atoms with Gasteiger partial charge in [-0.2, -0.15) is 0 Å². The molecule has 0 amide bonds. The van der Waals surface area contributed by atoms with Gasteiger partial charge in [-0.05, 0) is 32.5 Å². The van der Waals surface area contributed by atoms with Crippen molar-refractivity contribution in [2.45, 2.75) is 25.9 Å². The van der Waals surface area contributed by atoms with Crippen LogP contribution in [0.3, 0.4) is 0 Å². The van der Waals surface area contributed by atoms with Crippen LogP contribution >= 0.6 is 0 Å². The highest BCUT2D eigenvalue weighted by Crippen LogP contribution is 2.08. The summed E-state index contributed by atoms with van der Waals surface area (Å²) in [6, 6.07) is 11.4. The number of nitrogens with one attached hydrogen (secondary N) is 1. The van der Waals surface area contributed by atoms with Crippen molar-refractivity contribution in [3.8, 4) is 0 Å². The van der Waals surface area contributed by atoms with Gasteiger partial charge >= 0.3 is 0 Å². The number of hydrogen-bond acceptors (Lipinski definition) is 3. The fourth-order valence-electron chi connectivity index (χ4n) is 2.69. The minimum atomic E-state index is 0.695. The van der Waals surface area contributed by atoms with E-state index in [0.717, 1.165) is 19.6 Å². The Hall–Kier alpha value is -0.900. The third-order valence-electron chi connectivity index (χ3n) is 4.00. The van der Waals surface area contributed by atoms with Crippen LogP contribution < -0.4 is 5.32 Å². The molecule has 1 atom stereocenters. The average Bonchev–Trinajstić information content (AvgIpc) is 2.47. The van der Waals surface area contributed by atoms with Gasteiger partial charge in [0.25, 0.3) is 0 Å². The maximum atomic E-state index is 3.42. The zero-order valence-electron chi connectivity index (χ0n) is 12.3. The van der Waals surface area contributed by atoms with Crippen molar-refractivity contribution < 1.29 is 0 Å². The number of piperazine rings is 1. The fourth-order valence-corrected chi connectivity index (χ4v) is 2.69. The molecule has 1 saturated heterocycles. The summed E-state index contributed by atoms with van der Waals surface area (Å²) < 4.78 is 0. The van der Waals surface area contributed by atoms with Crippen molar-refractivity contribution in [1.29, 1.82) is 0 Å². The van der Waals surface area contributed by atoms with Gasteiger partial charge in [-0.25, -0.2) is 0 Å². The van der Waals surface area contributed by atoms with Gasteiger partial charge in [-0.15, -0.1) is 0 Å². The number of nitrogens with zero attached hydrogens (tertiary/aromatic N) is 2. The molecule has 106 valence electrons. The third-order valence-corrected chi connectivity index (χ3v) is 4.00. The molecule has 0 bridgehead atoms. The Morgan fingerprint density at radius 1 is 1.21 bits per heavy atom. The molecular weight excluding hydrogens is 234 g/mol. The molecule has 0 spiro atoms. The standard InChI is InChI=1S/C16H27N3/c1-15(19-12-9-17-10-13-19)8-11-18(2)14-16-6-4-3-5-7-16/h3-7,15,17H,8-14H2,1-2H3. The second kappa shape index (κ2) is 7.63. The zero-order chi connectivity index (χ0) is 13.5. The molecule has 19 heavy (non-hydrogen) atoms. The Balaban J connectivity index is 1.69. The van der Waals surface area contributed by atoms with E-state index in [1.165, 1.54) is 31.6 Å². The van der Waals surface area contributed by atoms with Gasteiger partial charge in [0.2, 0.25) is 0 Å². The van der Waals surface area contributed by atoms with Gasteiger partial charge in [0.15, 0.2) is 0 Å². The molecule has 2 rings (SSSR count). The van der Waals surface area contributed by atoms with E-state index in [2.05, 4.69) is 59.4 Å². The van der Waals surface area contributed by atoms with Gasteiger partial charge in [0.05, 0.1) is 0 Å². The van der Waals surface area contributed by atoms with Gasteiger partial charge in [0, 0.05) is 38.8 Å². The van der Waals surface area contributed by atoms with Crippen molar-refractivity contribution in [1.82, 2.24) is 15.1 Å². The van der Waals surface area contributed by atoms with Gasteiger partial charge < -0.3 is 10.2 Å². The summed E-state index contributed by atoms with van der Waals surface area (Å²) in [6.45, 7) is 9.26. The Kier molecular flexibility index (Phi) is 5.83. The second-order valence-corrected chi connectivity index (χ2v) is 5.65. The molecular formula is C16H27N3. The molecule has 3 heteroatoms. The first-order valence-corrected chi connectivity index (χ1v) is 7.43. The van der Waals surface area contributed by atoms with E-state index in [1.807, 2.05) is 0 Å². The maximum absolute atomic E-state index is 3.42. The molecule has 1 N–H and O–H groups in total. The van der Waals surface area contributed by atoms with E-state index in [4.69, 9.17) is 0 Å². The topological polar surface area (TPSA) is 18.5 Å². The normalized spacial score (nSPS) is 18.7. The van der Waals surface area contributed by atoms with Crippen LogP contribution in [-0.4, -0.2) is 55.6 Å². The summed E-state index contributed by atoms with van der Waals surface area (Å²) in [5.41, 5.74) is 1.40. The smallest absolute Gasteiger partial charge is 0.0230 e. The fraction of sp³-hybridized carbons (Fsp3) is 0.625. The van der Waals surface area contributed by atoms with Gasteiger partial charge in [0.1, 0.15) is 0 Å². The molecule has 0 aliphatic carbocycles. The summed E-state index contributed by atoms with van der Waals surface area (Å²) in [5, 5.41) is 3.42. The predicted octanol–water partition coefficient (Wildman–Crippen LogP) is 1.80. The van der Waals surface area contributed by atoms with Crippen LogP contribution in [0.2, 0.25) is 0 Å². The lowest BCUT2D eigenvalue weighted by Gasteiger charge is -2.33. The Morgan fingerprint density at radius 2 is 1.89 bits per heavy atom. The molecule has 1 aliphatic rings. The Labute approximate surface area is 117 Å². The maximum Gasteiger partial charge on any atom is 0.0230 e. The highest BCUT2D eigenvalue weighted by molar-refractivity contribution is 5.14. The highest BCUT2D eigenvalue weighted by atomic mass is 15.2. The summed E-state index contributed by atoms with van der Waals surface area (Å²) in [6.07, 6.45) is 1.25. The molecule has 0 radical (unpaired) electrons. The van der Waals surface area contributed by atoms with E-state index in [-0.39, 0.29) is 0 Å². The van der Waals surface area contributed by atoms with Crippen LogP contribution in [0, 0.1) is 0 Å². The lowest BCUT2D eigenvalue weighted by Crippen LogP contribution is -2.48. The van der Waals surface area contributed by atoms with E-state index in [9.17, 15) is 0 Å². The van der Waals surface area contributed by atoms with E-state index < -0.39 is 0 Å². The largest absolute Gasteiger partial charge is 0.314 e. The van der Waals surface area contributed by atoms with Gasteiger partial charge in [-0.1, -0.05) is 30.3 Å². The zero-order valence-corrected chi connectivity index (χ0v) is 12.3. The molecule has 1 fully saturated rings. The van der Waals surface area contributed by atoms with Gasteiger partial charge in [-0.3, -0.25) is 4.90 Å². The van der Waals surface area contributed by atoms with Crippen LogP contribution in [0.5, 0.6) is 0 Å². The van der Waals surface area contributed by atoms with Crippen LogP contribution in [0.25, 0.3) is 0 Å². The van der Waals surface area contributed by atoms with E-state index in [1.54, 1.807) is 0 Å². The third kappa shape index (κ3) is 4.94. The van der Waals surface area contributed by atoms with Crippen molar-refractivity contribution >= 4 is 0 Å². The Bertz CT molecular complexity index is 346. The minimum Gasteiger partial charge on any atom is -0.314 e. The molecule has 0 saturated carbocycles. The van der Waals surface area contributed by atoms with E-state index in [0.29, 0.717) is 6.04 Å².